The number of halogens is 1. The van der Waals surface area contributed by atoms with Crippen molar-refractivity contribution in [1.29, 1.82) is 0 Å². The summed E-state index contributed by atoms with van der Waals surface area (Å²) in [5, 5.41) is 13.6. The molecule has 4 N–H and O–H groups in total. The highest BCUT2D eigenvalue weighted by Gasteiger charge is 2.16. The molecule has 0 bridgehead atoms. The Bertz CT molecular complexity index is 739. The number of nitrogens with two attached hydrogens (primary N) is 1. The summed E-state index contributed by atoms with van der Waals surface area (Å²) >= 11 is 5.99. The highest BCUT2D eigenvalue weighted by atomic mass is 35.5. The van der Waals surface area contributed by atoms with E-state index in [0.717, 1.165) is 12.8 Å². The van der Waals surface area contributed by atoms with Gasteiger partial charge in [0.05, 0.1) is 5.69 Å². The van der Waals surface area contributed by atoms with E-state index in [1.165, 1.54) is 6.07 Å². The van der Waals surface area contributed by atoms with Crippen molar-refractivity contribution < 1.29 is 5.11 Å². The predicted octanol–water partition coefficient (Wildman–Crippen LogP) is 2.41. The molecule has 1 unspecified atom stereocenters. The molecule has 23 heavy (non-hydrogen) atoms. The van der Waals surface area contributed by atoms with Gasteiger partial charge in [-0.3, -0.25) is 4.79 Å². The van der Waals surface area contributed by atoms with Crippen LogP contribution < -0.4 is 16.6 Å². The maximum absolute atomic E-state index is 12.4. The molecule has 7 heteroatoms. The highest BCUT2D eigenvalue weighted by Crippen LogP contribution is 2.30. The lowest BCUT2D eigenvalue weighted by molar-refractivity contribution is 0.431. The molecule has 1 aromatic carbocycles. The van der Waals surface area contributed by atoms with E-state index in [4.69, 9.17) is 17.3 Å². The molecule has 0 aliphatic carbocycles. The number of hydrogen-bond donors (Lipinski definition) is 3. The third kappa shape index (κ3) is 3.83. The van der Waals surface area contributed by atoms with Crippen molar-refractivity contribution in [2.24, 2.45) is 0 Å². The lowest BCUT2D eigenvalue weighted by Gasteiger charge is -2.20. The van der Waals surface area contributed by atoms with E-state index in [0.29, 0.717) is 22.8 Å². The largest absolute Gasteiger partial charge is 0.507 e. The lowest BCUT2D eigenvalue weighted by Crippen LogP contribution is -2.32. The van der Waals surface area contributed by atoms with Crippen molar-refractivity contribution >= 4 is 17.4 Å². The van der Waals surface area contributed by atoms with Crippen molar-refractivity contribution in [3.63, 3.8) is 0 Å². The number of nitrogen functional groups attached to an aromatic ring is 1. The number of phenols is 1. The maximum Gasteiger partial charge on any atom is 0.293 e. The van der Waals surface area contributed by atoms with Crippen LogP contribution in [0.25, 0.3) is 11.3 Å². The number of aromatic nitrogens is 2. The fourth-order valence-electron chi connectivity index (χ4n) is 2.55. The fourth-order valence-corrected chi connectivity index (χ4v) is 2.72. The lowest BCUT2D eigenvalue weighted by atomic mass is 10.1. The number of aromatic hydroxyl groups is 1. The number of nitrogens with one attached hydrogen (secondary N) is 1. The molecule has 124 valence electrons. The molecule has 1 atom stereocenters. The van der Waals surface area contributed by atoms with E-state index in [2.05, 4.69) is 17.2 Å². The topological polar surface area (TPSA) is 93.2 Å². The molecule has 2 rings (SSSR count). The summed E-state index contributed by atoms with van der Waals surface area (Å²) in [6.07, 6.45) is 3.38. The Kier molecular flexibility index (Phi) is 5.63. The van der Waals surface area contributed by atoms with Gasteiger partial charge >= 0.3 is 0 Å². The van der Waals surface area contributed by atoms with Crippen molar-refractivity contribution in [3.05, 3.63) is 39.8 Å². The number of benzene rings is 1. The van der Waals surface area contributed by atoms with E-state index in [-0.39, 0.29) is 23.2 Å². The molecule has 0 amide bonds. The Morgan fingerprint density at radius 1 is 1.48 bits per heavy atom. The summed E-state index contributed by atoms with van der Waals surface area (Å²) < 4.78 is 1.58. The zero-order valence-corrected chi connectivity index (χ0v) is 14.0. The minimum absolute atomic E-state index is 0.0344. The maximum atomic E-state index is 12.4. The van der Waals surface area contributed by atoms with Gasteiger partial charge in [0.2, 0.25) is 0 Å². The van der Waals surface area contributed by atoms with Crippen LogP contribution in [0.5, 0.6) is 5.75 Å². The second-order valence-corrected chi connectivity index (χ2v) is 5.82. The fraction of sp³-hybridized carbons (Fsp3) is 0.375. The third-order valence-electron chi connectivity index (χ3n) is 3.65. The summed E-state index contributed by atoms with van der Waals surface area (Å²) in [5.41, 5.74) is 6.33. The molecule has 0 radical (unpaired) electrons. The Morgan fingerprint density at radius 2 is 2.22 bits per heavy atom. The minimum atomic E-state index is -0.330. The summed E-state index contributed by atoms with van der Waals surface area (Å²) in [6, 6.07) is 4.63. The first-order chi connectivity index (χ1) is 11.0. The molecule has 2 aromatic rings. The van der Waals surface area contributed by atoms with Crippen LogP contribution in [0.1, 0.15) is 25.8 Å². The summed E-state index contributed by atoms with van der Waals surface area (Å²) in [4.78, 5) is 16.5. The molecule has 0 aliphatic rings. The SMILES string of the molecule is CCCC(CNC)n1cc(-c2cc(Cl)ccc2O)nc(N)c1=O. The first-order valence-corrected chi connectivity index (χ1v) is 7.87. The number of likely N-dealkylation sites (N-methyl/N-ethyl adjacent to an activating group) is 1. The van der Waals surface area contributed by atoms with Gasteiger partial charge in [-0.1, -0.05) is 24.9 Å². The van der Waals surface area contributed by atoms with E-state index in [1.807, 2.05) is 7.05 Å². The minimum Gasteiger partial charge on any atom is -0.507 e. The second-order valence-electron chi connectivity index (χ2n) is 5.39. The van der Waals surface area contributed by atoms with Gasteiger partial charge in [0.15, 0.2) is 5.82 Å². The van der Waals surface area contributed by atoms with Crippen molar-refractivity contribution in [2.75, 3.05) is 19.3 Å². The van der Waals surface area contributed by atoms with Gasteiger partial charge < -0.3 is 20.7 Å². The summed E-state index contributed by atoms with van der Waals surface area (Å²) in [5.74, 6) is -0.0637. The molecule has 0 saturated heterocycles. The quantitative estimate of drug-likeness (QED) is 0.753. The van der Waals surface area contributed by atoms with Gasteiger partial charge in [0.1, 0.15) is 5.75 Å². The highest BCUT2D eigenvalue weighted by molar-refractivity contribution is 6.30. The number of rotatable bonds is 6. The normalized spacial score (nSPS) is 12.3. The average molecular weight is 337 g/mol. The predicted molar refractivity (Wildman–Crippen MR) is 92.9 cm³/mol. The number of phenolic OH excluding ortho intramolecular Hbond substituents is 1. The van der Waals surface area contributed by atoms with Crippen molar-refractivity contribution in [1.82, 2.24) is 14.9 Å². The zero-order chi connectivity index (χ0) is 17.0. The van der Waals surface area contributed by atoms with Gasteiger partial charge in [0, 0.05) is 29.4 Å². The average Bonchev–Trinajstić information content (AvgIpc) is 2.52. The van der Waals surface area contributed by atoms with Crippen LogP contribution in [0.2, 0.25) is 5.02 Å². The molecular formula is C16H21ClN4O2. The van der Waals surface area contributed by atoms with Gasteiger partial charge in [-0.15, -0.1) is 0 Å². The standard InChI is InChI=1S/C16H21ClN4O2/c1-3-4-11(8-19-2)21-9-13(20-15(18)16(21)23)12-7-10(17)5-6-14(12)22/h5-7,9,11,19,22H,3-4,8H2,1-2H3,(H2,18,20). The van der Waals surface area contributed by atoms with E-state index < -0.39 is 0 Å². The summed E-state index contributed by atoms with van der Waals surface area (Å²) in [6.45, 7) is 2.69. The Hall–Kier alpha value is -2.05. The second kappa shape index (κ2) is 7.48. The van der Waals surface area contributed by atoms with Crippen LogP contribution in [0, 0.1) is 0 Å². The molecule has 0 spiro atoms. The number of nitrogens with zero attached hydrogens (tertiary/aromatic N) is 2. The summed E-state index contributed by atoms with van der Waals surface area (Å²) in [7, 11) is 1.84. The molecule has 0 aliphatic heterocycles. The van der Waals surface area contributed by atoms with Crippen LogP contribution in [-0.4, -0.2) is 28.3 Å². The van der Waals surface area contributed by atoms with Gasteiger partial charge in [-0.05, 0) is 31.7 Å². The van der Waals surface area contributed by atoms with Gasteiger partial charge in [-0.2, -0.15) is 0 Å². The Balaban J connectivity index is 2.59. The molecule has 1 heterocycles. The third-order valence-corrected chi connectivity index (χ3v) is 3.88. The van der Waals surface area contributed by atoms with Crippen LogP contribution in [0.4, 0.5) is 5.82 Å². The van der Waals surface area contributed by atoms with Crippen molar-refractivity contribution in [2.45, 2.75) is 25.8 Å². The van der Waals surface area contributed by atoms with Crippen LogP contribution in [-0.2, 0) is 0 Å². The smallest absolute Gasteiger partial charge is 0.293 e. The van der Waals surface area contributed by atoms with Crippen LogP contribution in [0.15, 0.2) is 29.2 Å². The Labute approximate surface area is 139 Å². The molecule has 0 saturated carbocycles. The van der Waals surface area contributed by atoms with E-state index in [1.54, 1.807) is 22.9 Å². The molecule has 6 nitrogen and oxygen atoms in total. The first-order valence-electron chi connectivity index (χ1n) is 7.50. The molecule has 1 aromatic heterocycles. The molecular weight excluding hydrogens is 316 g/mol. The number of anilines is 1. The van der Waals surface area contributed by atoms with E-state index >= 15 is 0 Å². The molecule has 0 fully saturated rings. The van der Waals surface area contributed by atoms with Gasteiger partial charge in [0.25, 0.3) is 5.56 Å². The monoisotopic (exact) mass is 336 g/mol. The van der Waals surface area contributed by atoms with Gasteiger partial charge in [-0.25, -0.2) is 4.98 Å². The number of hydrogen-bond acceptors (Lipinski definition) is 5. The zero-order valence-electron chi connectivity index (χ0n) is 13.2. The first kappa shape index (κ1) is 17.3. The van der Waals surface area contributed by atoms with Crippen LogP contribution in [0.3, 0.4) is 0 Å². The van der Waals surface area contributed by atoms with Crippen molar-refractivity contribution in [3.8, 4) is 17.0 Å². The Morgan fingerprint density at radius 3 is 2.87 bits per heavy atom. The van der Waals surface area contributed by atoms with Crippen LogP contribution >= 0.6 is 11.6 Å². The van der Waals surface area contributed by atoms with E-state index in [9.17, 15) is 9.90 Å².